The monoisotopic (exact) mass is 822 g/mol. The summed E-state index contributed by atoms with van der Waals surface area (Å²) in [5, 5.41) is 20.3. The first-order valence-electron chi connectivity index (χ1n) is 19.9. The van der Waals surface area contributed by atoms with Crippen LogP contribution in [0.4, 0.5) is 15.8 Å². The molecule has 2 aliphatic heterocycles. The first kappa shape index (κ1) is 40.2. The smallest absolute Gasteiger partial charge is 0.264 e. The zero-order valence-electron chi connectivity index (χ0n) is 34.1. The Morgan fingerprint density at radius 3 is 2.30 bits per heavy atom. The van der Waals surface area contributed by atoms with E-state index >= 15 is 4.79 Å². The van der Waals surface area contributed by atoms with Gasteiger partial charge in [-0.25, -0.2) is 4.39 Å². The minimum atomic E-state index is -0.532. The summed E-state index contributed by atoms with van der Waals surface area (Å²) in [6.07, 6.45) is 1.10. The lowest BCUT2D eigenvalue weighted by atomic mass is 9.89. The fourth-order valence-corrected chi connectivity index (χ4v) is 8.69. The van der Waals surface area contributed by atoms with Gasteiger partial charge in [0.1, 0.15) is 23.3 Å². The molecule has 1 atom stereocenters. The Kier molecular flexibility index (Phi) is 10.6. The SMILES string of the molecule is Cc1c(N(C(=O)c2cc(-c3cc4c(cc3C(=O)N3Cc5ccccc5C[C@H]3C)CN(C(=O)Cc3ccc(Cl)cc3F)CC4)n(C)c2C)c2ccc(O)cc2)cc(C#N)n1C. The van der Waals surface area contributed by atoms with Crippen LogP contribution < -0.4 is 4.90 Å². The van der Waals surface area contributed by atoms with Crippen LogP contribution in [0.25, 0.3) is 11.3 Å². The molecule has 2 aliphatic rings. The quantitative estimate of drug-likeness (QED) is 0.173. The molecule has 1 N–H and O–H groups in total. The zero-order chi connectivity index (χ0) is 42.6. The van der Waals surface area contributed by atoms with Gasteiger partial charge in [-0.2, -0.15) is 5.26 Å². The average molecular weight is 823 g/mol. The van der Waals surface area contributed by atoms with Gasteiger partial charge in [-0.3, -0.25) is 19.3 Å². The predicted molar refractivity (Wildman–Crippen MR) is 229 cm³/mol. The van der Waals surface area contributed by atoms with Crippen molar-refractivity contribution < 1.29 is 23.9 Å². The lowest BCUT2D eigenvalue weighted by molar-refractivity contribution is -0.131. The number of anilines is 2. The van der Waals surface area contributed by atoms with Crippen molar-refractivity contribution in [2.75, 3.05) is 11.4 Å². The Labute approximate surface area is 353 Å². The van der Waals surface area contributed by atoms with E-state index in [1.54, 1.807) is 45.7 Å². The summed E-state index contributed by atoms with van der Waals surface area (Å²) < 4.78 is 18.4. The van der Waals surface area contributed by atoms with Crippen LogP contribution in [0.5, 0.6) is 5.75 Å². The second-order valence-corrected chi connectivity index (χ2v) is 16.3. The molecule has 8 rings (SSSR count). The number of aromatic nitrogens is 2. The van der Waals surface area contributed by atoms with Gasteiger partial charge in [0, 0.05) is 78.7 Å². The van der Waals surface area contributed by atoms with E-state index in [2.05, 4.69) is 18.2 Å². The van der Waals surface area contributed by atoms with Crippen LogP contribution in [0.1, 0.15) is 72.5 Å². The van der Waals surface area contributed by atoms with Gasteiger partial charge in [0.05, 0.1) is 17.7 Å². The van der Waals surface area contributed by atoms with E-state index in [4.69, 9.17) is 11.6 Å². The number of carbonyl (C=O) groups excluding carboxylic acids is 3. The third kappa shape index (κ3) is 7.22. The van der Waals surface area contributed by atoms with E-state index in [-0.39, 0.29) is 53.1 Å². The van der Waals surface area contributed by atoms with Gasteiger partial charge in [0.25, 0.3) is 11.8 Å². The van der Waals surface area contributed by atoms with Crippen molar-refractivity contribution >= 4 is 40.7 Å². The maximum absolute atomic E-state index is 15.0. The molecule has 60 heavy (non-hydrogen) atoms. The van der Waals surface area contributed by atoms with Crippen LogP contribution in [-0.2, 0) is 51.2 Å². The molecule has 10 nitrogen and oxygen atoms in total. The number of nitrogens with zero attached hydrogens (tertiary/aromatic N) is 6. The van der Waals surface area contributed by atoms with E-state index in [1.165, 1.54) is 29.8 Å². The highest BCUT2D eigenvalue weighted by atomic mass is 35.5. The molecule has 6 aromatic rings. The van der Waals surface area contributed by atoms with E-state index in [1.807, 2.05) is 67.6 Å². The number of aromatic hydroxyl groups is 1. The Balaban J connectivity index is 1.22. The third-order valence-electron chi connectivity index (χ3n) is 12.3. The van der Waals surface area contributed by atoms with Gasteiger partial charge in [0.2, 0.25) is 5.91 Å². The van der Waals surface area contributed by atoms with Crippen LogP contribution >= 0.6 is 11.6 Å². The number of carbonyl (C=O) groups is 3. The molecule has 3 amide bonds. The van der Waals surface area contributed by atoms with Crippen molar-refractivity contribution in [3.8, 4) is 23.1 Å². The molecule has 12 heteroatoms. The van der Waals surface area contributed by atoms with Crippen molar-refractivity contribution in [1.29, 1.82) is 5.26 Å². The molecule has 4 heterocycles. The lowest BCUT2D eigenvalue weighted by Crippen LogP contribution is -2.43. The maximum atomic E-state index is 15.0. The number of fused-ring (bicyclic) bond motifs is 2. The Morgan fingerprint density at radius 1 is 0.867 bits per heavy atom. The molecule has 0 radical (unpaired) electrons. The minimum Gasteiger partial charge on any atom is -0.508 e. The standard InChI is InChI=1S/C48H44ClFN6O4/c1-28-18-31-8-6-7-9-34(31)27-55(28)47(59)42-20-35-26-54(46(58)21-33-10-11-36(49)22-43(33)50)17-16-32(35)19-41(42)45-24-40(29(2)53(45)5)48(60)56(37-12-14-39(57)15-13-37)44-23-38(25-51)52(4)30(44)3/h6-15,19-20,22-24,28,57H,16-18,21,26-27H2,1-5H3/t28-/m1/s1. The van der Waals surface area contributed by atoms with Crippen LogP contribution in [0.2, 0.25) is 5.02 Å². The predicted octanol–water partition coefficient (Wildman–Crippen LogP) is 8.71. The molecule has 4 aromatic carbocycles. The molecule has 0 unspecified atom stereocenters. The van der Waals surface area contributed by atoms with E-state index in [0.29, 0.717) is 76.8 Å². The van der Waals surface area contributed by atoms with Crippen molar-refractivity contribution in [2.24, 2.45) is 14.1 Å². The Bertz CT molecular complexity index is 2760. The van der Waals surface area contributed by atoms with Gasteiger partial charge < -0.3 is 24.0 Å². The van der Waals surface area contributed by atoms with E-state index in [9.17, 15) is 24.3 Å². The molecule has 304 valence electrons. The number of hydrogen-bond donors (Lipinski definition) is 1. The number of phenols is 1. The summed E-state index contributed by atoms with van der Waals surface area (Å²) in [5.74, 6) is -1.23. The third-order valence-corrected chi connectivity index (χ3v) is 12.5. The van der Waals surface area contributed by atoms with E-state index in [0.717, 1.165) is 16.7 Å². The fourth-order valence-electron chi connectivity index (χ4n) is 8.54. The summed E-state index contributed by atoms with van der Waals surface area (Å²) in [7, 11) is 3.64. The fraction of sp³-hybridized carbons (Fsp3) is 0.250. The molecule has 0 saturated carbocycles. The van der Waals surface area contributed by atoms with Crippen molar-refractivity contribution in [3.05, 3.63) is 158 Å². The summed E-state index contributed by atoms with van der Waals surface area (Å²) in [5.41, 5.74) is 9.31. The Hall–Kier alpha value is -6.64. The summed E-state index contributed by atoms with van der Waals surface area (Å²) in [4.78, 5) is 48.7. The van der Waals surface area contributed by atoms with Crippen molar-refractivity contribution in [1.82, 2.24) is 18.9 Å². The largest absolute Gasteiger partial charge is 0.508 e. The second-order valence-electron chi connectivity index (χ2n) is 15.8. The maximum Gasteiger partial charge on any atom is 0.264 e. The molecule has 0 saturated heterocycles. The van der Waals surface area contributed by atoms with Gasteiger partial charge in [-0.05, 0) is 122 Å². The van der Waals surface area contributed by atoms with Gasteiger partial charge in [-0.1, -0.05) is 41.9 Å². The Morgan fingerprint density at radius 2 is 1.60 bits per heavy atom. The number of nitriles is 1. The average Bonchev–Trinajstić information content (AvgIpc) is 3.70. The normalized spacial score (nSPS) is 14.7. The number of benzene rings is 4. The highest BCUT2D eigenvalue weighted by Gasteiger charge is 2.33. The molecule has 0 spiro atoms. The molecular weight excluding hydrogens is 779 g/mol. The molecule has 0 fully saturated rings. The second kappa shape index (κ2) is 15.8. The van der Waals surface area contributed by atoms with Crippen molar-refractivity contribution in [3.63, 3.8) is 0 Å². The van der Waals surface area contributed by atoms with Gasteiger partial charge in [0.15, 0.2) is 0 Å². The van der Waals surface area contributed by atoms with Gasteiger partial charge >= 0.3 is 0 Å². The lowest BCUT2D eigenvalue weighted by Gasteiger charge is -2.36. The van der Waals surface area contributed by atoms with Crippen molar-refractivity contribution in [2.45, 2.75) is 59.2 Å². The summed E-state index contributed by atoms with van der Waals surface area (Å²) >= 11 is 5.96. The molecule has 0 bridgehead atoms. The number of phenolic OH excluding ortho intramolecular Hbond substituents is 1. The number of amides is 3. The molecule has 0 aliphatic carbocycles. The van der Waals surface area contributed by atoms with Crippen LogP contribution in [0, 0.1) is 31.0 Å². The van der Waals surface area contributed by atoms with Crippen LogP contribution in [0.15, 0.2) is 91.0 Å². The van der Waals surface area contributed by atoms with Gasteiger partial charge in [-0.15, -0.1) is 0 Å². The number of halogens is 2. The number of hydrogen-bond acceptors (Lipinski definition) is 5. The van der Waals surface area contributed by atoms with Crippen LogP contribution in [0.3, 0.4) is 0 Å². The first-order valence-corrected chi connectivity index (χ1v) is 20.2. The van der Waals surface area contributed by atoms with E-state index < -0.39 is 5.82 Å². The highest BCUT2D eigenvalue weighted by Crippen LogP contribution is 2.38. The summed E-state index contributed by atoms with van der Waals surface area (Å²) in [6, 6.07) is 28.3. The minimum absolute atomic E-state index is 0.0471. The topological polar surface area (TPSA) is 115 Å². The molecular formula is C48H44ClFN6O4. The first-order chi connectivity index (χ1) is 28.7. The molecule has 2 aromatic heterocycles. The van der Waals surface area contributed by atoms with Crippen LogP contribution in [-0.4, -0.2) is 54.3 Å². The highest BCUT2D eigenvalue weighted by molar-refractivity contribution is 6.30. The number of rotatable bonds is 7. The summed E-state index contributed by atoms with van der Waals surface area (Å²) in [6.45, 7) is 6.85. The zero-order valence-corrected chi connectivity index (χ0v) is 34.8.